The quantitative estimate of drug-likeness (QED) is 0.783. The molecule has 1 aromatic heterocycles. The summed E-state index contributed by atoms with van der Waals surface area (Å²) in [6.07, 6.45) is 2.32. The average Bonchev–Trinajstić information content (AvgIpc) is 2.46. The maximum atomic E-state index is 12.0. The fourth-order valence-corrected chi connectivity index (χ4v) is 1.59. The molecule has 116 valence electrons. The molecule has 0 spiro atoms. The van der Waals surface area contributed by atoms with Gasteiger partial charge in [-0.15, -0.1) is 0 Å². The van der Waals surface area contributed by atoms with Gasteiger partial charge >= 0.3 is 0 Å². The van der Waals surface area contributed by atoms with E-state index in [1.165, 1.54) is 12.3 Å². The SMILES string of the molecule is CCC(C)NC(=O)c1cc(C(=O)NCCN(C)C)ccn1. The van der Waals surface area contributed by atoms with Crippen LogP contribution in [-0.4, -0.2) is 54.9 Å². The van der Waals surface area contributed by atoms with E-state index in [2.05, 4.69) is 15.6 Å². The number of hydrogen-bond acceptors (Lipinski definition) is 4. The lowest BCUT2D eigenvalue weighted by molar-refractivity contribution is 0.0934. The van der Waals surface area contributed by atoms with Crippen molar-refractivity contribution in [2.75, 3.05) is 27.2 Å². The lowest BCUT2D eigenvalue weighted by atomic mass is 10.2. The molecule has 1 atom stereocenters. The Kier molecular flexibility index (Phi) is 6.81. The van der Waals surface area contributed by atoms with E-state index in [1.807, 2.05) is 32.8 Å². The van der Waals surface area contributed by atoms with E-state index in [-0.39, 0.29) is 23.6 Å². The van der Waals surface area contributed by atoms with Gasteiger partial charge in [-0.25, -0.2) is 0 Å². The monoisotopic (exact) mass is 292 g/mol. The van der Waals surface area contributed by atoms with Gasteiger partial charge in [0.25, 0.3) is 11.8 Å². The van der Waals surface area contributed by atoms with Crippen molar-refractivity contribution in [2.24, 2.45) is 0 Å². The minimum atomic E-state index is -0.257. The minimum absolute atomic E-state index is 0.0804. The molecule has 0 aliphatic carbocycles. The van der Waals surface area contributed by atoms with Gasteiger partial charge in [0, 0.05) is 30.9 Å². The second-order valence-electron chi connectivity index (χ2n) is 5.27. The van der Waals surface area contributed by atoms with Crippen molar-refractivity contribution in [1.29, 1.82) is 0 Å². The van der Waals surface area contributed by atoms with E-state index in [1.54, 1.807) is 6.07 Å². The first-order chi connectivity index (χ1) is 9.93. The van der Waals surface area contributed by atoms with Gasteiger partial charge < -0.3 is 15.5 Å². The van der Waals surface area contributed by atoms with Crippen LogP contribution in [0.1, 0.15) is 41.1 Å². The van der Waals surface area contributed by atoms with Gasteiger partial charge in [0.2, 0.25) is 0 Å². The summed E-state index contributed by atoms with van der Waals surface area (Å²) in [4.78, 5) is 30.0. The van der Waals surface area contributed by atoms with Crippen LogP contribution in [0.4, 0.5) is 0 Å². The summed E-state index contributed by atoms with van der Waals surface area (Å²) in [7, 11) is 3.88. The number of nitrogens with zero attached hydrogens (tertiary/aromatic N) is 2. The van der Waals surface area contributed by atoms with Crippen LogP contribution < -0.4 is 10.6 Å². The third-order valence-electron chi connectivity index (χ3n) is 3.09. The van der Waals surface area contributed by atoms with E-state index in [0.29, 0.717) is 12.1 Å². The highest BCUT2D eigenvalue weighted by Gasteiger charge is 2.13. The normalized spacial score (nSPS) is 12.0. The predicted molar refractivity (Wildman–Crippen MR) is 82.3 cm³/mol. The molecule has 1 aromatic rings. The molecule has 2 N–H and O–H groups in total. The zero-order valence-electron chi connectivity index (χ0n) is 13.1. The molecular formula is C15H24N4O2. The van der Waals surface area contributed by atoms with Crippen molar-refractivity contribution >= 4 is 11.8 Å². The molecule has 1 heterocycles. The molecule has 1 rings (SSSR count). The van der Waals surface area contributed by atoms with Gasteiger partial charge in [-0.05, 0) is 39.6 Å². The Morgan fingerprint density at radius 3 is 2.67 bits per heavy atom. The molecule has 2 amide bonds. The Hall–Kier alpha value is -1.95. The summed E-state index contributed by atoms with van der Waals surface area (Å²) in [5, 5.41) is 5.64. The summed E-state index contributed by atoms with van der Waals surface area (Å²) in [6.45, 7) is 5.24. The number of aromatic nitrogens is 1. The Morgan fingerprint density at radius 2 is 2.05 bits per heavy atom. The van der Waals surface area contributed by atoms with Crippen molar-refractivity contribution in [3.8, 4) is 0 Å². The average molecular weight is 292 g/mol. The first-order valence-corrected chi connectivity index (χ1v) is 7.14. The standard InChI is InChI=1S/C15H24N4O2/c1-5-11(2)18-15(21)13-10-12(6-7-16-13)14(20)17-8-9-19(3)4/h6-7,10-11H,5,8-9H2,1-4H3,(H,17,20)(H,18,21). The van der Waals surface area contributed by atoms with Crippen molar-refractivity contribution in [2.45, 2.75) is 26.3 Å². The molecule has 0 aromatic carbocycles. The summed E-state index contributed by atoms with van der Waals surface area (Å²) in [6, 6.07) is 3.20. The summed E-state index contributed by atoms with van der Waals surface area (Å²) in [5.41, 5.74) is 0.702. The van der Waals surface area contributed by atoms with Crippen molar-refractivity contribution in [1.82, 2.24) is 20.5 Å². The topological polar surface area (TPSA) is 74.3 Å². The predicted octanol–water partition coefficient (Wildman–Crippen LogP) is 0.901. The number of likely N-dealkylation sites (N-methyl/N-ethyl adjacent to an activating group) is 1. The second kappa shape index (κ2) is 8.36. The summed E-state index contributed by atoms with van der Waals surface area (Å²) < 4.78 is 0. The zero-order chi connectivity index (χ0) is 15.8. The van der Waals surface area contributed by atoms with Crippen LogP contribution >= 0.6 is 0 Å². The molecule has 6 heteroatoms. The third-order valence-corrected chi connectivity index (χ3v) is 3.09. The summed E-state index contributed by atoms with van der Waals surface area (Å²) in [5.74, 6) is -0.455. The van der Waals surface area contributed by atoms with Crippen LogP contribution in [-0.2, 0) is 0 Å². The molecule has 0 bridgehead atoms. The third kappa shape index (κ3) is 5.91. The van der Waals surface area contributed by atoms with Gasteiger partial charge in [-0.1, -0.05) is 6.92 Å². The molecule has 6 nitrogen and oxygen atoms in total. The van der Waals surface area contributed by atoms with Gasteiger partial charge in [-0.3, -0.25) is 14.6 Å². The molecule has 0 saturated carbocycles. The fourth-order valence-electron chi connectivity index (χ4n) is 1.59. The molecule has 0 aliphatic heterocycles. The van der Waals surface area contributed by atoms with Crippen LogP contribution in [0.2, 0.25) is 0 Å². The number of amides is 2. The van der Waals surface area contributed by atoms with Crippen LogP contribution in [0.25, 0.3) is 0 Å². The van der Waals surface area contributed by atoms with E-state index >= 15 is 0 Å². The molecule has 0 aliphatic rings. The minimum Gasteiger partial charge on any atom is -0.351 e. The maximum absolute atomic E-state index is 12.0. The number of rotatable bonds is 7. The molecular weight excluding hydrogens is 268 g/mol. The molecule has 21 heavy (non-hydrogen) atoms. The zero-order valence-corrected chi connectivity index (χ0v) is 13.1. The van der Waals surface area contributed by atoms with E-state index in [0.717, 1.165) is 13.0 Å². The van der Waals surface area contributed by atoms with Gasteiger partial charge in [0.15, 0.2) is 0 Å². The van der Waals surface area contributed by atoms with Gasteiger partial charge in [0.05, 0.1) is 0 Å². The number of carbonyl (C=O) groups excluding carboxylic acids is 2. The van der Waals surface area contributed by atoms with Gasteiger partial charge in [0.1, 0.15) is 5.69 Å². The molecule has 1 unspecified atom stereocenters. The highest BCUT2D eigenvalue weighted by Crippen LogP contribution is 2.03. The van der Waals surface area contributed by atoms with Crippen LogP contribution in [0.5, 0.6) is 0 Å². The number of hydrogen-bond donors (Lipinski definition) is 2. The number of nitrogens with one attached hydrogen (secondary N) is 2. The van der Waals surface area contributed by atoms with E-state index < -0.39 is 0 Å². The number of carbonyl (C=O) groups is 2. The highest BCUT2D eigenvalue weighted by atomic mass is 16.2. The molecule has 0 fully saturated rings. The van der Waals surface area contributed by atoms with E-state index in [9.17, 15) is 9.59 Å². The first-order valence-electron chi connectivity index (χ1n) is 7.14. The second-order valence-corrected chi connectivity index (χ2v) is 5.27. The van der Waals surface area contributed by atoms with Crippen LogP contribution in [0.3, 0.4) is 0 Å². The molecule has 0 radical (unpaired) electrons. The molecule has 0 saturated heterocycles. The number of pyridine rings is 1. The Bertz CT molecular complexity index is 488. The lowest BCUT2D eigenvalue weighted by Crippen LogP contribution is -2.33. The lowest BCUT2D eigenvalue weighted by Gasteiger charge is -2.12. The van der Waals surface area contributed by atoms with Crippen molar-refractivity contribution in [3.63, 3.8) is 0 Å². The van der Waals surface area contributed by atoms with E-state index in [4.69, 9.17) is 0 Å². The first kappa shape index (κ1) is 17.1. The fraction of sp³-hybridized carbons (Fsp3) is 0.533. The van der Waals surface area contributed by atoms with Crippen molar-refractivity contribution in [3.05, 3.63) is 29.6 Å². The van der Waals surface area contributed by atoms with Crippen LogP contribution in [0, 0.1) is 0 Å². The maximum Gasteiger partial charge on any atom is 0.270 e. The van der Waals surface area contributed by atoms with Crippen LogP contribution in [0.15, 0.2) is 18.3 Å². The van der Waals surface area contributed by atoms with Gasteiger partial charge in [-0.2, -0.15) is 0 Å². The Morgan fingerprint density at radius 1 is 1.33 bits per heavy atom. The Balaban J connectivity index is 2.67. The highest BCUT2D eigenvalue weighted by molar-refractivity contribution is 5.98. The Labute approximate surface area is 125 Å². The summed E-state index contributed by atoms with van der Waals surface area (Å²) >= 11 is 0. The van der Waals surface area contributed by atoms with Crippen molar-refractivity contribution < 1.29 is 9.59 Å². The largest absolute Gasteiger partial charge is 0.351 e. The smallest absolute Gasteiger partial charge is 0.270 e.